The molecular weight excluding hydrogens is 464 g/mol. The Bertz CT molecular complexity index is 2050. The van der Waals surface area contributed by atoms with Gasteiger partial charge in [0.1, 0.15) is 11.3 Å². The quantitative estimate of drug-likeness (QED) is 0.248. The van der Waals surface area contributed by atoms with Gasteiger partial charge < -0.3 is 4.74 Å². The zero-order chi connectivity index (χ0) is 25.2. The van der Waals surface area contributed by atoms with Crippen LogP contribution in [0.25, 0.3) is 60.5 Å². The second kappa shape index (κ2) is 8.06. The average Bonchev–Trinajstić information content (AvgIpc) is 3.36. The Kier molecular flexibility index (Phi) is 4.50. The van der Waals surface area contributed by atoms with Crippen LogP contribution in [0.5, 0.6) is 11.5 Å². The molecule has 0 radical (unpaired) electrons. The summed E-state index contributed by atoms with van der Waals surface area (Å²) in [6.07, 6.45) is 0.862. The molecule has 8 rings (SSSR count). The Morgan fingerprint density at radius 3 is 1.89 bits per heavy atom. The number of para-hydroxylation sites is 1. The highest BCUT2D eigenvalue weighted by atomic mass is 16.5. The fraction of sp³-hybridized carbons (Fsp3) is 0.0571. The van der Waals surface area contributed by atoms with E-state index in [1.165, 1.54) is 38.2 Å². The van der Waals surface area contributed by atoms with Gasteiger partial charge in [0.2, 0.25) is 0 Å². The van der Waals surface area contributed by atoms with Gasteiger partial charge in [0, 0.05) is 6.42 Å². The molecule has 3 nitrogen and oxygen atoms in total. The molecule has 0 aliphatic carbocycles. The molecule has 38 heavy (non-hydrogen) atoms. The predicted molar refractivity (Wildman–Crippen MR) is 156 cm³/mol. The summed E-state index contributed by atoms with van der Waals surface area (Å²) in [6, 6.07) is 41.2. The number of rotatable bonds is 3. The van der Waals surface area contributed by atoms with Gasteiger partial charge in [0.25, 0.3) is 0 Å². The monoisotopic (exact) mass is 488 g/mol. The molecule has 0 saturated heterocycles. The van der Waals surface area contributed by atoms with E-state index in [4.69, 9.17) is 9.72 Å². The van der Waals surface area contributed by atoms with Crippen LogP contribution in [0, 0.1) is 0 Å². The van der Waals surface area contributed by atoms with Crippen molar-refractivity contribution in [3.05, 3.63) is 121 Å². The van der Waals surface area contributed by atoms with Crippen LogP contribution in [0.3, 0.4) is 0 Å². The van der Waals surface area contributed by atoms with E-state index in [1.54, 1.807) is 0 Å². The van der Waals surface area contributed by atoms with E-state index in [-0.39, 0.29) is 0 Å². The van der Waals surface area contributed by atoms with Gasteiger partial charge in [-0.05, 0) is 86.3 Å². The zero-order valence-electron chi connectivity index (χ0n) is 21.0. The molecule has 6 aromatic carbocycles. The van der Waals surface area contributed by atoms with E-state index in [1.807, 2.05) is 12.1 Å². The van der Waals surface area contributed by atoms with Crippen molar-refractivity contribution in [1.29, 1.82) is 0 Å². The second-order valence-corrected chi connectivity index (χ2v) is 9.96. The van der Waals surface area contributed by atoms with Crippen molar-refractivity contribution < 1.29 is 4.74 Å². The van der Waals surface area contributed by atoms with Gasteiger partial charge in [-0.1, -0.05) is 79.7 Å². The highest BCUT2D eigenvalue weighted by Gasteiger charge is 2.24. The standard InChI is InChI=1S/C35H24N2O/c1-2-34-36-30-8-5-9-32-35(30)37(34)31-17-16-29(21-33(31)38-32)28-15-14-26-19-25(12-13-27(26)20-28)24-11-10-22-6-3-4-7-23(22)18-24/h3-21H,2H2,1H3. The summed E-state index contributed by atoms with van der Waals surface area (Å²) >= 11 is 0. The van der Waals surface area contributed by atoms with Gasteiger partial charge >= 0.3 is 0 Å². The number of fused-ring (bicyclic) bond motifs is 4. The van der Waals surface area contributed by atoms with Crippen molar-refractivity contribution in [2.24, 2.45) is 0 Å². The van der Waals surface area contributed by atoms with Crippen LogP contribution >= 0.6 is 0 Å². The summed E-state index contributed by atoms with van der Waals surface area (Å²) in [5.74, 6) is 2.78. The number of imidazole rings is 1. The number of benzene rings is 6. The first-order valence-corrected chi connectivity index (χ1v) is 13.1. The molecule has 180 valence electrons. The Hall–Kier alpha value is -4.89. The Morgan fingerprint density at radius 1 is 0.579 bits per heavy atom. The third kappa shape index (κ3) is 3.18. The zero-order valence-corrected chi connectivity index (χ0v) is 21.0. The topological polar surface area (TPSA) is 27.1 Å². The highest BCUT2D eigenvalue weighted by Crippen LogP contribution is 2.43. The van der Waals surface area contributed by atoms with Crippen molar-refractivity contribution >= 4 is 32.6 Å². The lowest BCUT2D eigenvalue weighted by atomic mass is 9.96. The first-order valence-electron chi connectivity index (χ1n) is 13.1. The minimum absolute atomic E-state index is 0.860. The molecule has 0 atom stereocenters. The van der Waals surface area contributed by atoms with E-state index in [0.717, 1.165) is 46.0 Å². The average molecular weight is 489 g/mol. The molecule has 3 heteroatoms. The number of hydrogen-bond donors (Lipinski definition) is 0. The normalized spacial score (nSPS) is 12.1. The minimum atomic E-state index is 0.860. The number of hydrogen-bond acceptors (Lipinski definition) is 2. The molecule has 1 aliphatic rings. The minimum Gasteiger partial charge on any atom is -0.453 e. The molecule has 0 bridgehead atoms. The fourth-order valence-corrected chi connectivity index (χ4v) is 5.78. The van der Waals surface area contributed by atoms with Crippen molar-refractivity contribution in [1.82, 2.24) is 9.55 Å². The largest absolute Gasteiger partial charge is 0.453 e. The molecule has 0 saturated carbocycles. The fourth-order valence-electron chi connectivity index (χ4n) is 5.78. The number of ether oxygens (including phenoxy) is 1. The molecule has 1 aliphatic heterocycles. The van der Waals surface area contributed by atoms with Crippen molar-refractivity contribution in [3.8, 4) is 39.4 Å². The lowest BCUT2D eigenvalue weighted by Crippen LogP contribution is -2.07. The Balaban J connectivity index is 1.18. The lowest BCUT2D eigenvalue weighted by molar-refractivity contribution is 0.474. The van der Waals surface area contributed by atoms with E-state index in [9.17, 15) is 0 Å². The molecule has 0 N–H and O–H groups in total. The molecule has 0 unspecified atom stereocenters. The van der Waals surface area contributed by atoms with E-state index < -0.39 is 0 Å². The predicted octanol–water partition coefficient (Wildman–Crippen LogP) is 9.33. The SMILES string of the molecule is CCc1nc2cccc3c2n1-c1ccc(-c2ccc4cc(-c5ccc6ccccc6c5)ccc4c2)cc1O3. The van der Waals surface area contributed by atoms with Crippen LogP contribution < -0.4 is 4.74 Å². The van der Waals surface area contributed by atoms with E-state index in [2.05, 4.69) is 115 Å². The van der Waals surface area contributed by atoms with Gasteiger partial charge in [-0.15, -0.1) is 0 Å². The lowest BCUT2D eigenvalue weighted by Gasteiger charge is -2.21. The molecule has 2 heterocycles. The van der Waals surface area contributed by atoms with Crippen LogP contribution in [0.4, 0.5) is 0 Å². The molecule has 0 amide bonds. The van der Waals surface area contributed by atoms with E-state index >= 15 is 0 Å². The number of aromatic nitrogens is 2. The van der Waals surface area contributed by atoms with Crippen LogP contribution in [0.1, 0.15) is 12.7 Å². The summed E-state index contributed by atoms with van der Waals surface area (Å²) < 4.78 is 8.64. The first kappa shape index (κ1) is 21.2. The van der Waals surface area contributed by atoms with E-state index in [0.29, 0.717) is 0 Å². The van der Waals surface area contributed by atoms with Crippen LogP contribution in [0.2, 0.25) is 0 Å². The van der Waals surface area contributed by atoms with Crippen LogP contribution in [-0.2, 0) is 6.42 Å². The summed E-state index contributed by atoms with van der Waals surface area (Å²) in [5, 5.41) is 4.99. The van der Waals surface area contributed by atoms with Crippen molar-refractivity contribution in [2.45, 2.75) is 13.3 Å². The van der Waals surface area contributed by atoms with Gasteiger partial charge in [0.05, 0.1) is 11.2 Å². The highest BCUT2D eigenvalue weighted by molar-refractivity contribution is 5.94. The van der Waals surface area contributed by atoms with Crippen molar-refractivity contribution in [3.63, 3.8) is 0 Å². The third-order valence-corrected chi connectivity index (χ3v) is 7.70. The number of aryl methyl sites for hydroxylation is 1. The molecule has 0 spiro atoms. The van der Waals surface area contributed by atoms with Gasteiger partial charge in [-0.3, -0.25) is 4.57 Å². The Labute approximate surface area is 220 Å². The summed E-state index contributed by atoms with van der Waals surface area (Å²) in [6.45, 7) is 2.15. The number of nitrogens with zero attached hydrogens (tertiary/aromatic N) is 2. The first-order chi connectivity index (χ1) is 18.7. The molecular formula is C35H24N2O. The maximum absolute atomic E-state index is 6.39. The maximum Gasteiger partial charge on any atom is 0.153 e. The van der Waals surface area contributed by atoms with Crippen LogP contribution in [-0.4, -0.2) is 9.55 Å². The van der Waals surface area contributed by atoms with Crippen molar-refractivity contribution in [2.75, 3.05) is 0 Å². The molecule has 1 aromatic heterocycles. The smallest absolute Gasteiger partial charge is 0.153 e. The summed E-state index contributed by atoms with van der Waals surface area (Å²) in [5.41, 5.74) is 7.86. The molecule has 0 fully saturated rings. The summed E-state index contributed by atoms with van der Waals surface area (Å²) in [7, 11) is 0. The molecule has 7 aromatic rings. The summed E-state index contributed by atoms with van der Waals surface area (Å²) in [4.78, 5) is 4.84. The van der Waals surface area contributed by atoms with Gasteiger partial charge in [-0.25, -0.2) is 4.98 Å². The third-order valence-electron chi connectivity index (χ3n) is 7.70. The maximum atomic E-state index is 6.39. The Morgan fingerprint density at radius 2 is 1.18 bits per heavy atom. The van der Waals surface area contributed by atoms with Gasteiger partial charge in [-0.2, -0.15) is 0 Å². The second-order valence-electron chi connectivity index (χ2n) is 9.96. The van der Waals surface area contributed by atoms with Gasteiger partial charge in [0.15, 0.2) is 11.5 Å². The van der Waals surface area contributed by atoms with Crippen LogP contribution in [0.15, 0.2) is 115 Å².